The van der Waals surface area contributed by atoms with Gasteiger partial charge in [-0.05, 0) is 62.4 Å². The molecule has 0 unspecified atom stereocenters. The second-order valence-corrected chi connectivity index (χ2v) is 9.03. The van der Waals surface area contributed by atoms with Crippen molar-refractivity contribution in [1.29, 1.82) is 0 Å². The quantitative estimate of drug-likeness (QED) is 0.537. The summed E-state index contributed by atoms with van der Waals surface area (Å²) < 4.78 is 1.67. The molecule has 0 radical (unpaired) electrons. The highest BCUT2D eigenvalue weighted by atomic mass is 32.1. The molecule has 0 saturated carbocycles. The van der Waals surface area contributed by atoms with E-state index in [0.29, 0.717) is 5.56 Å². The largest absolute Gasteiger partial charge is 0.339 e. The second-order valence-electron chi connectivity index (χ2n) is 8.08. The van der Waals surface area contributed by atoms with Crippen molar-refractivity contribution in [1.82, 2.24) is 9.58 Å². The van der Waals surface area contributed by atoms with Gasteiger partial charge >= 0.3 is 0 Å². The SMILES string of the molecule is CC(C)(C)N1CC=C(c2cn(N)c3ccc(C(=O)c4cccs4)cc23)CC1. The molecule has 0 saturated heterocycles. The highest BCUT2D eigenvalue weighted by molar-refractivity contribution is 7.12. The maximum Gasteiger partial charge on any atom is 0.202 e. The molecule has 1 aromatic carbocycles. The Bertz CT molecular complexity index is 1020. The number of fused-ring (bicyclic) bond motifs is 1. The number of benzene rings is 1. The van der Waals surface area contributed by atoms with Gasteiger partial charge in [0.05, 0.1) is 10.4 Å². The molecule has 1 aliphatic rings. The van der Waals surface area contributed by atoms with Crippen molar-refractivity contribution >= 4 is 33.6 Å². The van der Waals surface area contributed by atoms with Gasteiger partial charge in [0.15, 0.2) is 0 Å². The van der Waals surface area contributed by atoms with Gasteiger partial charge in [-0.1, -0.05) is 12.1 Å². The topological polar surface area (TPSA) is 51.3 Å². The lowest BCUT2D eigenvalue weighted by atomic mass is 9.95. The third-order valence-electron chi connectivity index (χ3n) is 5.34. The molecule has 27 heavy (non-hydrogen) atoms. The molecule has 0 bridgehead atoms. The molecule has 4 rings (SSSR count). The molecule has 3 heterocycles. The van der Waals surface area contributed by atoms with E-state index < -0.39 is 0 Å². The molecule has 0 atom stereocenters. The van der Waals surface area contributed by atoms with Gasteiger partial charge in [-0.2, -0.15) is 0 Å². The minimum Gasteiger partial charge on any atom is -0.339 e. The summed E-state index contributed by atoms with van der Waals surface area (Å²) in [5, 5.41) is 2.98. The number of rotatable bonds is 3. The number of nitrogens with zero attached hydrogens (tertiary/aromatic N) is 2. The fourth-order valence-electron chi connectivity index (χ4n) is 3.73. The van der Waals surface area contributed by atoms with E-state index in [1.807, 2.05) is 41.9 Å². The summed E-state index contributed by atoms with van der Waals surface area (Å²) in [7, 11) is 0. The molecule has 5 heteroatoms. The van der Waals surface area contributed by atoms with E-state index in [1.54, 1.807) is 4.68 Å². The first-order chi connectivity index (χ1) is 12.8. The maximum absolute atomic E-state index is 12.7. The van der Waals surface area contributed by atoms with Crippen LogP contribution >= 0.6 is 11.3 Å². The molecule has 3 aromatic rings. The minimum atomic E-state index is 0.0687. The Labute approximate surface area is 163 Å². The minimum absolute atomic E-state index is 0.0687. The summed E-state index contributed by atoms with van der Waals surface area (Å²) in [6, 6.07) is 9.59. The summed E-state index contributed by atoms with van der Waals surface area (Å²) in [6.45, 7) is 8.71. The van der Waals surface area contributed by atoms with Crippen LogP contribution in [0, 0.1) is 0 Å². The summed E-state index contributed by atoms with van der Waals surface area (Å²) >= 11 is 1.47. The molecule has 0 amide bonds. The second kappa shape index (κ2) is 6.66. The molecule has 1 aliphatic heterocycles. The number of carbonyl (C=O) groups excluding carboxylic acids is 1. The summed E-state index contributed by atoms with van der Waals surface area (Å²) in [5.41, 5.74) is 4.29. The number of aromatic nitrogens is 1. The van der Waals surface area contributed by atoms with Crippen molar-refractivity contribution in [2.45, 2.75) is 32.7 Å². The lowest BCUT2D eigenvalue weighted by molar-refractivity contribution is 0.104. The number of ketones is 1. The number of nitrogen functional groups attached to an aromatic ring is 1. The van der Waals surface area contributed by atoms with Crippen LogP contribution in [0.5, 0.6) is 0 Å². The summed E-state index contributed by atoms with van der Waals surface area (Å²) in [4.78, 5) is 16.0. The highest BCUT2D eigenvalue weighted by Gasteiger charge is 2.24. The fourth-order valence-corrected chi connectivity index (χ4v) is 4.41. The third kappa shape index (κ3) is 3.33. The predicted molar refractivity (Wildman–Crippen MR) is 114 cm³/mol. The van der Waals surface area contributed by atoms with Crippen molar-refractivity contribution in [3.63, 3.8) is 0 Å². The molecular weight excluding hydrogens is 354 g/mol. The first kappa shape index (κ1) is 18.0. The smallest absolute Gasteiger partial charge is 0.202 e. The Morgan fingerprint density at radius 3 is 2.67 bits per heavy atom. The van der Waals surface area contributed by atoms with Gasteiger partial charge < -0.3 is 5.84 Å². The molecule has 2 aromatic heterocycles. The molecule has 0 spiro atoms. The molecule has 2 N–H and O–H groups in total. The average Bonchev–Trinajstić information content (AvgIpc) is 3.29. The van der Waals surface area contributed by atoms with Crippen LogP contribution in [0.3, 0.4) is 0 Å². The lowest BCUT2D eigenvalue weighted by Gasteiger charge is -2.37. The highest BCUT2D eigenvalue weighted by Crippen LogP contribution is 2.32. The van der Waals surface area contributed by atoms with Crippen LogP contribution < -0.4 is 5.84 Å². The maximum atomic E-state index is 12.7. The Hall–Kier alpha value is -2.37. The first-order valence-corrected chi connectivity index (χ1v) is 10.2. The van der Waals surface area contributed by atoms with E-state index in [9.17, 15) is 4.79 Å². The van der Waals surface area contributed by atoms with E-state index in [4.69, 9.17) is 5.84 Å². The van der Waals surface area contributed by atoms with Crippen molar-refractivity contribution in [3.8, 4) is 0 Å². The van der Waals surface area contributed by atoms with Crippen LogP contribution in [0.25, 0.3) is 16.5 Å². The number of thiophene rings is 1. The molecule has 140 valence electrons. The van der Waals surface area contributed by atoms with Crippen molar-refractivity contribution in [2.24, 2.45) is 0 Å². The van der Waals surface area contributed by atoms with Crippen LogP contribution in [0.1, 0.15) is 48.0 Å². The molecule has 0 aliphatic carbocycles. The van der Waals surface area contributed by atoms with Crippen LogP contribution in [0.4, 0.5) is 0 Å². The monoisotopic (exact) mass is 379 g/mol. The fraction of sp³-hybridized carbons (Fsp3) is 0.318. The van der Waals surface area contributed by atoms with E-state index in [1.165, 1.54) is 16.9 Å². The van der Waals surface area contributed by atoms with Crippen molar-refractivity contribution in [2.75, 3.05) is 18.9 Å². The van der Waals surface area contributed by atoms with Crippen molar-refractivity contribution in [3.05, 3.63) is 64.0 Å². The van der Waals surface area contributed by atoms with E-state index in [-0.39, 0.29) is 11.3 Å². The Balaban J connectivity index is 1.73. The molecule has 4 nitrogen and oxygen atoms in total. The zero-order chi connectivity index (χ0) is 19.2. The van der Waals surface area contributed by atoms with Crippen LogP contribution in [0.2, 0.25) is 0 Å². The van der Waals surface area contributed by atoms with Gasteiger partial charge in [0.1, 0.15) is 0 Å². The first-order valence-electron chi connectivity index (χ1n) is 9.27. The molecular formula is C22H25N3OS. The zero-order valence-corrected chi connectivity index (χ0v) is 16.8. The van der Waals surface area contributed by atoms with E-state index in [2.05, 4.69) is 31.7 Å². The van der Waals surface area contributed by atoms with Gasteiger partial charge in [-0.3, -0.25) is 14.4 Å². The predicted octanol–water partition coefficient (Wildman–Crippen LogP) is 4.54. The Kier molecular flexibility index (Phi) is 4.44. The van der Waals surface area contributed by atoms with Crippen molar-refractivity contribution < 1.29 is 4.79 Å². The number of hydrogen-bond donors (Lipinski definition) is 1. The van der Waals surface area contributed by atoms with Crippen LogP contribution in [0.15, 0.2) is 48.0 Å². The van der Waals surface area contributed by atoms with Gasteiger partial charge in [0, 0.05) is 41.3 Å². The van der Waals surface area contributed by atoms with Gasteiger partial charge in [0.2, 0.25) is 5.78 Å². The molecule has 0 fully saturated rings. The third-order valence-corrected chi connectivity index (χ3v) is 6.21. The summed E-state index contributed by atoms with van der Waals surface area (Å²) in [5.74, 6) is 6.27. The normalized spacial score (nSPS) is 15.9. The number of carbonyl (C=O) groups is 1. The summed E-state index contributed by atoms with van der Waals surface area (Å²) in [6.07, 6.45) is 5.28. The number of hydrogen-bond acceptors (Lipinski definition) is 4. The average molecular weight is 380 g/mol. The Morgan fingerprint density at radius 2 is 2.04 bits per heavy atom. The van der Waals surface area contributed by atoms with E-state index in [0.717, 1.165) is 40.9 Å². The van der Waals surface area contributed by atoms with Gasteiger partial charge in [-0.15, -0.1) is 11.3 Å². The lowest BCUT2D eigenvalue weighted by Crippen LogP contribution is -2.43. The standard InChI is InChI=1S/C22H25N3OS/c1-22(2,3)24-10-8-15(9-11-24)18-14-25(23)19-7-6-16(13-17(18)19)21(26)20-5-4-12-27-20/h4-8,12-14H,9-11,23H2,1-3H3. The van der Waals surface area contributed by atoms with Gasteiger partial charge in [-0.25, -0.2) is 0 Å². The Morgan fingerprint density at radius 1 is 1.22 bits per heavy atom. The van der Waals surface area contributed by atoms with E-state index >= 15 is 0 Å². The van der Waals surface area contributed by atoms with Crippen LogP contribution in [-0.2, 0) is 0 Å². The zero-order valence-electron chi connectivity index (χ0n) is 16.0. The van der Waals surface area contributed by atoms with Crippen LogP contribution in [-0.4, -0.2) is 34.0 Å². The number of nitrogens with two attached hydrogens (primary N) is 1. The van der Waals surface area contributed by atoms with Gasteiger partial charge in [0.25, 0.3) is 0 Å².